The molecule has 3 nitrogen and oxygen atoms in total. The molecular weight excluding hydrogens is 282 g/mol. The maximum atomic E-state index is 12.7. The van der Waals surface area contributed by atoms with Crippen molar-refractivity contribution in [1.29, 1.82) is 0 Å². The quantitative estimate of drug-likeness (QED) is 0.798. The number of nitrogens with zero attached hydrogens (tertiary/aromatic N) is 1. The highest BCUT2D eigenvalue weighted by Gasteiger charge is 2.40. The first-order valence-corrected chi connectivity index (χ1v) is 8.19. The van der Waals surface area contributed by atoms with Crippen LogP contribution in [0.25, 0.3) is 5.57 Å². The summed E-state index contributed by atoms with van der Waals surface area (Å²) in [6.45, 7) is 9.74. The van der Waals surface area contributed by atoms with Crippen LogP contribution in [0, 0.1) is 13.8 Å². The van der Waals surface area contributed by atoms with E-state index < -0.39 is 0 Å². The number of rotatable bonds is 4. The summed E-state index contributed by atoms with van der Waals surface area (Å²) >= 11 is 1.46. The Morgan fingerprint density at radius 2 is 1.81 bits per heavy atom. The van der Waals surface area contributed by atoms with Crippen molar-refractivity contribution in [3.63, 3.8) is 0 Å². The Hall–Kier alpha value is -1.55. The van der Waals surface area contributed by atoms with Crippen molar-refractivity contribution < 1.29 is 9.59 Å². The zero-order valence-corrected chi connectivity index (χ0v) is 14.0. The fourth-order valence-electron chi connectivity index (χ4n) is 2.61. The van der Waals surface area contributed by atoms with Gasteiger partial charge in [-0.25, -0.2) is 0 Å². The summed E-state index contributed by atoms with van der Waals surface area (Å²) in [6.07, 6.45) is 0. The van der Waals surface area contributed by atoms with Crippen LogP contribution in [0.4, 0.5) is 0 Å². The predicted octanol–water partition coefficient (Wildman–Crippen LogP) is 3.54. The summed E-state index contributed by atoms with van der Waals surface area (Å²) in [7, 11) is 0. The van der Waals surface area contributed by atoms with Crippen molar-refractivity contribution in [2.75, 3.05) is 5.75 Å². The van der Waals surface area contributed by atoms with E-state index >= 15 is 0 Å². The van der Waals surface area contributed by atoms with Crippen LogP contribution in [0.1, 0.15) is 37.5 Å². The van der Waals surface area contributed by atoms with Crippen LogP contribution in [0.2, 0.25) is 0 Å². The van der Waals surface area contributed by atoms with E-state index in [-0.39, 0.29) is 17.9 Å². The highest BCUT2D eigenvalue weighted by molar-refractivity contribution is 8.04. The molecule has 0 aliphatic carbocycles. The van der Waals surface area contributed by atoms with Crippen molar-refractivity contribution in [3.8, 4) is 0 Å². The Kier molecular flexibility index (Phi) is 4.57. The van der Waals surface area contributed by atoms with Crippen LogP contribution in [0.5, 0.6) is 0 Å². The molecule has 4 heteroatoms. The first kappa shape index (κ1) is 15.8. The van der Waals surface area contributed by atoms with Gasteiger partial charge in [-0.15, -0.1) is 11.8 Å². The van der Waals surface area contributed by atoms with Gasteiger partial charge in [-0.2, -0.15) is 0 Å². The molecule has 1 heterocycles. The normalized spacial score (nSPS) is 15.6. The topological polar surface area (TPSA) is 37.4 Å². The van der Waals surface area contributed by atoms with Gasteiger partial charge in [0.25, 0.3) is 11.8 Å². The van der Waals surface area contributed by atoms with Crippen molar-refractivity contribution in [2.24, 2.45) is 0 Å². The minimum Gasteiger partial charge on any atom is -0.271 e. The van der Waals surface area contributed by atoms with E-state index in [1.165, 1.54) is 16.7 Å². The van der Waals surface area contributed by atoms with Crippen molar-refractivity contribution >= 4 is 29.1 Å². The molecule has 1 aliphatic rings. The average Bonchev–Trinajstić information content (AvgIpc) is 2.62. The SMILES string of the molecule is CCSC1=C(c2ccc(C)cc2C)C(=O)N(C(C)C)C1=O. The van der Waals surface area contributed by atoms with Crippen LogP contribution in [0.15, 0.2) is 23.1 Å². The second kappa shape index (κ2) is 6.06. The first-order chi connectivity index (χ1) is 9.88. The Bertz CT molecular complexity index is 632. The van der Waals surface area contributed by atoms with E-state index in [1.807, 2.05) is 52.8 Å². The Morgan fingerprint density at radius 3 is 2.33 bits per heavy atom. The summed E-state index contributed by atoms with van der Waals surface area (Å²) in [5, 5.41) is 0. The molecule has 0 unspecified atom stereocenters. The zero-order chi connectivity index (χ0) is 15.7. The summed E-state index contributed by atoms with van der Waals surface area (Å²) in [5.41, 5.74) is 3.63. The van der Waals surface area contributed by atoms with Gasteiger partial charge in [0.15, 0.2) is 0 Å². The number of thioether (sulfide) groups is 1. The van der Waals surface area contributed by atoms with Crippen LogP contribution in [0.3, 0.4) is 0 Å². The third-order valence-corrected chi connectivity index (χ3v) is 4.49. The first-order valence-electron chi connectivity index (χ1n) is 7.21. The average molecular weight is 303 g/mol. The zero-order valence-electron chi connectivity index (χ0n) is 13.2. The Morgan fingerprint density at radius 1 is 1.14 bits per heavy atom. The molecule has 1 aromatic rings. The summed E-state index contributed by atoms with van der Waals surface area (Å²) in [5.74, 6) is 0.448. The molecule has 21 heavy (non-hydrogen) atoms. The molecular formula is C17H21NO2S. The van der Waals surface area contributed by atoms with Gasteiger partial charge < -0.3 is 0 Å². The van der Waals surface area contributed by atoms with E-state index in [0.29, 0.717) is 10.5 Å². The third-order valence-electron chi connectivity index (χ3n) is 3.53. The second-order valence-corrected chi connectivity index (χ2v) is 6.80. The molecule has 0 atom stereocenters. The van der Waals surface area contributed by atoms with Gasteiger partial charge in [0.1, 0.15) is 0 Å². The van der Waals surface area contributed by atoms with Gasteiger partial charge in [-0.3, -0.25) is 14.5 Å². The van der Waals surface area contributed by atoms with E-state index in [0.717, 1.165) is 22.4 Å². The van der Waals surface area contributed by atoms with Crippen molar-refractivity contribution in [3.05, 3.63) is 39.8 Å². The molecule has 1 aromatic carbocycles. The van der Waals surface area contributed by atoms with E-state index in [4.69, 9.17) is 0 Å². The molecule has 0 fully saturated rings. The van der Waals surface area contributed by atoms with Gasteiger partial charge in [0.05, 0.1) is 10.5 Å². The number of benzene rings is 1. The third kappa shape index (κ3) is 2.77. The van der Waals surface area contributed by atoms with Gasteiger partial charge in [0.2, 0.25) is 0 Å². The minimum absolute atomic E-state index is 0.124. The lowest BCUT2D eigenvalue weighted by Gasteiger charge is -2.19. The maximum absolute atomic E-state index is 12.7. The maximum Gasteiger partial charge on any atom is 0.268 e. The number of aryl methyl sites for hydroxylation is 2. The standard InChI is InChI=1S/C17H21NO2S/c1-6-21-15-14(13-8-7-11(4)9-12(13)5)16(19)18(10(2)3)17(15)20/h7-10H,6H2,1-5H3. The molecule has 0 saturated carbocycles. The lowest BCUT2D eigenvalue weighted by molar-refractivity contribution is -0.138. The van der Waals surface area contributed by atoms with Gasteiger partial charge in [-0.1, -0.05) is 30.7 Å². The predicted molar refractivity (Wildman–Crippen MR) is 88.0 cm³/mol. The summed E-state index contributed by atoms with van der Waals surface area (Å²) < 4.78 is 0. The summed E-state index contributed by atoms with van der Waals surface area (Å²) in [6, 6.07) is 5.86. The number of imide groups is 1. The van der Waals surface area contributed by atoms with E-state index in [2.05, 4.69) is 0 Å². The lowest BCUT2D eigenvalue weighted by Crippen LogP contribution is -2.37. The van der Waals surface area contributed by atoms with Crippen LogP contribution in [-0.2, 0) is 9.59 Å². The molecule has 0 N–H and O–H groups in total. The smallest absolute Gasteiger partial charge is 0.268 e. The van der Waals surface area contributed by atoms with Gasteiger partial charge in [0, 0.05) is 6.04 Å². The monoisotopic (exact) mass is 303 g/mol. The molecule has 2 rings (SSSR count). The molecule has 0 radical (unpaired) electrons. The molecule has 1 aliphatic heterocycles. The van der Waals surface area contributed by atoms with Crippen LogP contribution >= 0.6 is 11.8 Å². The number of carbonyl (C=O) groups is 2. The van der Waals surface area contributed by atoms with Gasteiger partial charge >= 0.3 is 0 Å². The number of amides is 2. The number of hydrogen-bond acceptors (Lipinski definition) is 3. The Labute approximate surface area is 130 Å². The van der Waals surface area contributed by atoms with Gasteiger partial charge in [-0.05, 0) is 44.6 Å². The molecule has 0 aromatic heterocycles. The fourth-order valence-corrected chi connectivity index (χ4v) is 3.46. The fraction of sp³-hybridized carbons (Fsp3) is 0.412. The molecule has 2 amide bonds. The van der Waals surface area contributed by atoms with E-state index in [1.54, 1.807) is 0 Å². The van der Waals surface area contributed by atoms with Crippen molar-refractivity contribution in [2.45, 2.75) is 40.7 Å². The summed E-state index contributed by atoms with van der Waals surface area (Å²) in [4.78, 5) is 27.2. The highest BCUT2D eigenvalue weighted by atomic mass is 32.2. The lowest BCUT2D eigenvalue weighted by atomic mass is 9.98. The second-order valence-electron chi connectivity index (χ2n) is 5.53. The van der Waals surface area contributed by atoms with E-state index in [9.17, 15) is 9.59 Å². The minimum atomic E-state index is -0.169. The largest absolute Gasteiger partial charge is 0.271 e. The molecule has 0 bridgehead atoms. The highest BCUT2D eigenvalue weighted by Crippen LogP contribution is 2.38. The number of carbonyl (C=O) groups excluding carboxylic acids is 2. The van der Waals surface area contributed by atoms with Crippen molar-refractivity contribution in [1.82, 2.24) is 4.90 Å². The molecule has 0 spiro atoms. The number of hydrogen-bond donors (Lipinski definition) is 0. The van der Waals surface area contributed by atoms with Crippen LogP contribution in [-0.4, -0.2) is 28.5 Å². The van der Waals surface area contributed by atoms with Crippen LogP contribution < -0.4 is 0 Å². The molecule has 112 valence electrons. The Balaban J connectivity index is 2.60. The molecule has 0 saturated heterocycles.